The molecule has 1 aromatic rings. The van der Waals surface area contributed by atoms with Crippen molar-refractivity contribution in [3.63, 3.8) is 0 Å². The van der Waals surface area contributed by atoms with Crippen LogP contribution in [0, 0.1) is 11.8 Å². The van der Waals surface area contributed by atoms with E-state index >= 15 is 0 Å². The lowest BCUT2D eigenvalue weighted by atomic mass is 9.52. The van der Waals surface area contributed by atoms with Crippen molar-refractivity contribution in [2.45, 2.75) is 57.1 Å². The second-order valence-electron chi connectivity index (χ2n) is 7.09. The molecule has 4 rings (SSSR count). The lowest BCUT2D eigenvalue weighted by Gasteiger charge is -2.52. The minimum atomic E-state index is 0.106. The number of rotatable bonds is 2. The normalized spacial score (nSPS) is 39.6. The smallest absolute Gasteiger partial charge is 0.165 e. The van der Waals surface area contributed by atoms with Gasteiger partial charge in [0.1, 0.15) is 6.10 Å². The maximum Gasteiger partial charge on any atom is 0.165 e. The highest BCUT2D eigenvalue weighted by Crippen LogP contribution is 2.62. The molecule has 1 aliphatic heterocycles. The van der Waals surface area contributed by atoms with E-state index in [1.807, 2.05) is 6.07 Å². The van der Waals surface area contributed by atoms with Gasteiger partial charge in [-0.25, -0.2) is 0 Å². The van der Waals surface area contributed by atoms with Gasteiger partial charge in [-0.15, -0.1) is 0 Å². The SMILES string of the molecule is CC[C@@]12c3c4ccc(OC)c3OC1C(C)CCC2C(N)C4. The molecule has 1 aromatic carbocycles. The molecule has 4 unspecified atom stereocenters. The summed E-state index contributed by atoms with van der Waals surface area (Å²) < 4.78 is 12.1. The van der Waals surface area contributed by atoms with E-state index in [0.717, 1.165) is 24.3 Å². The number of hydrogen-bond acceptors (Lipinski definition) is 3. The fourth-order valence-electron chi connectivity index (χ4n) is 5.44. The molecule has 21 heavy (non-hydrogen) atoms. The van der Waals surface area contributed by atoms with Crippen LogP contribution in [0.3, 0.4) is 0 Å². The van der Waals surface area contributed by atoms with Crippen molar-refractivity contribution in [3.8, 4) is 11.5 Å². The number of hydrogen-bond donors (Lipinski definition) is 1. The van der Waals surface area contributed by atoms with Gasteiger partial charge in [0.05, 0.1) is 7.11 Å². The number of ether oxygens (including phenoxy) is 2. The van der Waals surface area contributed by atoms with Crippen LogP contribution in [0.15, 0.2) is 12.1 Å². The van der Waals surface area contributed by atoms with E-state index in [-0.39, 0.29) is 17.6 Å². The molecule has 0 amide bonds. The summed E-state index contributed by atoms with van der Waals surface area (Å²) in [6.45, 7) is 4.63. The number of benzene rings is 1. The first-order valence-electron chi connectivity index (χ1n) is 8.26. The summed E-state index contributed by atoms with van der Waals surface area (Å²) in [6, 6.07) is 4.51. The molecule has 114 valence electrons. The molecule has 0 radical (unpaired) electrons. The van der Waals surface area contributed by atoms with Crippen molar-refractivity contribution in [2.75, 3.05) is 7.11 Å². The highest BCUT2D eigenvalue weighted by atomic mass is 16.5. The van der Waals surface area contributed by atoms with Gasteiger partial charge in [0.25, 0.3) is 0 Å². The van der Waals surface area contributed by atoms with Crippen LogP contribution < -0.4 is 15.2 Å². The molecule has 0 saturated heterocycles. The lowest BCUT2D eigenvalue weighted by Crippen LogP contribution is -2.59. The van der Waals surface area contributed by atoms with Gasteiger partial charge in [-0.3, -0.25) is 0 Å². The molecule has 3 aliphatic rings. The fourth-order valence-corrected chi connectivity index (χ4v) is 5.44. The van der Waals surface area contributed by atoms with E-state index in [4.69, 9.17) is 15.2 Å². The standard InChI is InChI=1S/C18H25NO2/c1-4-18-12-7-5-10(2)17(18)21-16-14(20-3)8-6-11(15(16)18)9-13(12)19/h6,8,10,12-13,17H,4-5,7,9,19H2,1-3H3/t10?,12?,13?,17?,18-/m1/s1. The maximum absolute atomic E-state index is 6.58. The first-order valence-corrected chi connectivity index (χ1v) is 8.26. The third-order valence-electron chi connectivity index (χ3n) is 6.31. The molecule has 1 fully saturated rings. The molecule has 1 heterocycles. The van der Waals surface area contributed by atoms with E-state index in [9.17, 15) is 0 Å². The first kappa shape index (κ1) is 13.4. The highest BCUT2D eigenvalue weighted by molar-refractivity contribution is 5.60. The van der Waals surface area contributed by atoms with E-state index in [2.05, 4.69) is 19.9 Å². The second-order valence-corrected chi connectivity index (χ2v) is 7.09. The minimum absolute atomic E-state index is 0.106. The summed E-state index contributed by atoms with van der Waals surface area (Å²) in [4.78, 5) is 0. The zero-order valence-corrected chi connectivity index (χ0v) is 13.2. The van der Waals surface area contributed by atoms with Gasteiger partial charge in [-0.05, 0) is 49.1 Å². The van der Waals surface area contributed by atoms with Crippen LogP contribution in [0.5, 0.6) is 11.5 Å². The van der Waals surface area contributed by atoms with Crippen molar-refractivity contribution >= 4 is 0 Å². The van der Waals surface area contributed by atoms with Crippen molar-refractivity contribution in [3.05, 3.63) is 23.3 Å². The molecular formula is C18H25NO2. The summed E-state index contributed by atoms with van der Waals surface area (Å²) >= 11 is 0. The summed E-state index contributed by atoms with van der Waals surface area (Å²) in [6.07, 6.45) is 4.79. The molecule has 0 spiro atoms. The first-order chi connectivity index (χ1) is 10.1. The van der Waals surface area contributed by atoms with Gasteiger partial charge in [0.15, 0.2) is 11.5 Å². The third-order valence-corrected chi connectivity index (χ3v) is 6.31. The van der Waals surface area contributed by atoms with Crippen LogP contribution >= 0.6 is 0 Å². The van der Waals surface area contributed by atoms with Crippen molar-refractivity contribution in [1.82, 2.24) is 0 Å². The van der Waals surface area contributed by atoms with E-state index < -0.39 is 0 Å². The minimum Gasteiger partial charge on any atom is -0.493 e. The average Bonchev–Trinajstić information content (AvgIpc) is 2.85. The van der Waals surface area contributed by atoms with Gasteiger partial charge in [-0.1, -0.05) is 19.9 Å². The Kier molecular flexibility index (Phi) is 2.81. The van der Waals surface area contributed by atoms with Gasteiger partial charge in [0.2, 0.25) is 0 Å². The monoisotopic (exact) mass is 287 g/mol. The third kappa shape index (κ3) is 1.48. The second kappa shape index (κ2) is 4.39. The van der Waals surface area contributed by atoms with Crippen LogP contribution in [0.4, 0.5) is 0 Å². The zero-order chi connectivity index (χ0) is 14.8. The molecule has 3 heteroatoms. The Labute approximate surface area is 126 Å². The summed E-state index contributed by atoms with van der Waals surface area (Å²) in [7, 11) is 1.73. The molecule has 2 N–H and O–H groups in total. The van der Waals surface area contributed by atoms with Crippen molar-refractivity contribution in [1.29, 1.82) is 0 Å². The van der Waals surface area contributed by atoms with Gasteiger partial charge < -0.3 is 15.2 Å². The quantitative estimate of drug-likeness (QED) is 0.909. The van der Waals surface area contributed by atoms with Crippen LogP contribution in [-0.2, 0) is 11.8 Å². The van der Waals surface area contributed by atoms with Crippen LogP contribution in [0.1, 0.15) is 44.2 Å². The van der Waals surface area contributed by atoms with Crippen LogP contribution in [-0.4, -0.2) is 19.3 Å². The predicted octanol–water partition coefficient (Wildman–Crippen LogP) is 3.03. The molecular weight excluding hydrogens is 262 g/mol. The number of methoxy groups -OCH3 is 1. The molecule has 1 saturated carbocycles. The molecule has 0 bridgehead atoms. The van der Waals surface area contributed by atoms with Crippen molar-refractivity contribution in [2.24, 2.45) is 17.6 Å². The Morgan fingerprint density at radius 2 is 2.19 bits per heavy atom. The predicted molar refractivity (Wildman–Crippen MR) is 82.9 cm³/mol. The molecule has 3 nitrogen and oxygen atoms in total. The van der Waals surface area contributed by atoms with Gasteiger partial charge in [0, 0.05) is 17.0 Å². The Morgan fingerprint density at radius 3 is 2.90 bits per heavy atom. The van der Waals surface area contributed by atoms with Crippen molar-refractivity contribution < 1.29 is 9.47 Å². The van der Waals surface area contributed by atoms with Gasteiger partial charge >= 0.3 is 0 Å². The largest absolute Gasteiger partial charge is 0.493 e. The van der Waals surface area contributed by atoms with Gasteiger partial charge in [-0.2, -0.15) is 0 Å². The van der Waals surface area contributed by atoms with E-state index in [1.54, 1.807) is 7.11 Å². The molecule has 5 atom stereocenters. The van der Waals surface area contributed by atoms with Crippen LogP contribution in [0.25, 0.3) is 0 Å². The number of nitrogens with two attached hydrogens (primary N) is 1. The summed E-state index contributed by atoms with van der Waals surface area (Å²) in [5, 5.41) is 0. The fraction of sp³-hybridized carbons (Fsp3) is 0.667. The molecule has 0 aromatic heterocycles. The maximum atomic E-state index is 6.58. The Morgan fingerprint density at radius 1 is 1.38 bits per heavy atom. The molecule has 2 aliphatic carbocycles. The van der Waals surface area contributed by atoms with E-state index in [0.29, 0.717) is 11.8 Å². The Balaban J connectivity index is 2.00. The topological polar surface area (TPSA) is 44.5 Å². The zero-order valence-electron chi connectivity index (χ0n) is 13.2. The van der Waals surface area contributed by atoms with Crippen LogP contribution in [0.2, 0.25) is 0 Å². The Hall–Kier alpha value is -1.22. The highest BCUT2D eigenvalue weighted by Gasteiger charge is 2.61. The van der Waals surface area contributed by atoms with E-state index in [1.165, 1.54) is 24.0 Å². The lowest BCUT2D eigenvalue weighted by molar-refractivity contribution is -0.00487. The summed E-state index contributed by atoms with van der Waals surface area (Å²) in [5.41, 5.74) is 9.49. The Bertz CT molecular complexity index is 585. The average molecular weight is 287 g/mol. The summed E-state index contributed by atoms with van der Waals surface area (Å²) in [5.74, 6) is 3.02.